The first-order chi connectivity index (χ1) is 5.70. The Morgan fingerprint density at radius 1 is 1.58 bits per heavy atom. The van der Waals surface area contributed by atoms with Gasteiger partial charge in [-0.3, -0.25) is 0 Å². The molecule has 0 spiro atoms. The molecule has 0 radical (unpaired) electrons. The van der Waals surface area contributed by atoms with E-state index in [0.29, 0.717) is 20.9 Å². The van der Waals surface area contributed by atoms with E-state index in [0.717, 1.165) is 0 Å². The van der Waals surface area contributed by atoms with Crippen molar-refractivity contribution >= 4 is 22.6 Å². The number of aryl methyl sites for hydroxylation is 1. The molecule has 62 valence electrons. The van der Waals surface area contributed by atoms with E-state index < -0.39 is 0 Å². The van der Waals surface area contributed by atoms with Gasteiger partial charge in [0.05, 0.1) is 10.2 Å². The molecule has 0 saturated carbocycles. The van der Waals surface area contributed by atoms with Gasteiger partial charge in [0.25, 0.3) is 0 Å². The molecule has 0 N–H and O–H groups in total. The van der Waals surface area contributed by atoms with Crippen LogP contribution in [0.4, 0.5) is 0 Å². The van der Waals surface area contributed by atoms with Crippen LogP contribution in [-0.4, -0.2) is 9.90 Å². The highest BCUT2D eigenvalue weighted by atomic mass is 35.5. The average molecular weight is 184 g/mol. The molecule has 2 aromatic rings. The van der Waals surface area contributed by atoms with Gasteiger partial charge in [0.15, 0.2) is 0 Å². The van der Waals surface area contributed by atoms with E-state index >= 15 is 0 Å². The number of fused-ring (bicyclic) bond motifs is 1. The third kappa shape index (κ3) is 0.848. The molecule has 0 aliphatic heterocycles. The van der Waals surface area contributed by atoms with Crippen LogP contribution in [0.25, 0.3) is 11.0 Å². The first-order valence-electron chi connectivity index (χ1n) is 3.41. The second kappa shape index (κ2) is 2.35. The number of nitrogens with zero attached hydrogens (tertiary/aromatic N) is 3. The van der Waals surface area contributed by atoms with Crippen LogP contribution in [0.2, 0.25) is 5.02 Å². The fraction of sp³-hybridized carbons (Fsp3) is 0.143. The summed E-state index contributed by atoms with van der Waals surface area (Å²) in [5.41, 5.74) is 1.15. The van der Waals surface area contributed by atoms with E-state index in [2.05, 4.69) is 5.21 Å². The summed E-state index contributed by atoms with van der Waals surface area (Å²) >= 11 is 5.86. The molecule has 0 aliphatic rings. The Labute approximate surface area is 73.5 Å². The minimum absolute atomic E-state index is 0.491. The largest absolute Gasteiger partial charge is 0.691 e. The van der Waals surface area contributed by atoms with Crippen molar-refractivity contribution in [2.45, 2.75) is 0 Å². The van der Waals surface area contributed by atoms with Gasteiger partial charge in [0, 0.05) is 0 Å². The number of aromatic nitrogens is 3. The van der Waals surface area contributed by atoms with Crippen molar-refractivity contribution in [3.05, 3.63) is 28.4 Å². The average Bonchev–Trinajstić information content (AvgIpc) is 2.29. The van der Waals surface area contributed by atoms with E-state index in [1.165, 1.54) is 4.68 Å². The van der Waals surface area contributed by atoms with Crippen LogP contribution in [-0.2, 0) is 7.05 Å². The van der Waals surface area contributed by atoms with Gasteiger partial charge in [-0.25, -0.2) is 0 Å². The lowest BCUT2D eigenvalue weighted by Gasteiger charge is -1.91. The Morgan fingerprint density at radius 3 is 3.00 bits per heavy atom. The van der Waals surface area contributed by atoms with Crippen LogP contribution in [0.1, 0.15) is 0 Å². The maximum atomic E-state index is 11.1. The lowest BCUT2D eigenvalue weighted by Crippen LogP contribution is -2.29. The predicted octanol–water partition coefficient (Wildman–Crippen LogP) is 0.860. The van der Waals surface area contributed by atoms with Crippen molar-refractivity contribution in [3.63, 3.8) is 0 Å². The summed E-state index contributed by atoms with van der Waals surface area (Å²) < 4.78 is 1.46. The number of rotatable bonds is 0. The molecule has 12 heavy (non-hydrogen) atoms. The molecule has 0 aliphatic carbocycles. The fourth-order valence-corrected chi connectivity index (χ4v) is 1.49. The maximum absolute atomic E-state index is 11.1. The molecule has 1 heterocycles. The summed E-state index contributed by atoms with van der Waals surface area (Å²) in [5.74, 6) is 0. The zero-order chi connectivity index (χ0) is 8.72. The summed E-state index contributed by atoms with van der Waals surface area (Å²) in [5, 5.41) is 15.3. The third-order valence-electron chi connectivity index (χ3n) is 1.71. The molecule has 0 saturated heterocycles. The summed E-state index contributed by atoms with van der Waals surface area (Å²) in [6, 6.07) is 5.13. The highest BCUT2D eigenvalue weighted by molar-refractivity contribution is 6.34. The Balaban J connectivity index is 2.99. The number of para-hydroxylation sites is 1. The van der Waals surface area contributed by atoms with E-state index in [1.807, 2.05) is 0 Å². The van der Waals surface area contributed by atoms with Crippen LogP contribution in [0.3, 0.4) is 0 Å². The van der Waals surface area contributed by atoms with Gasteiger partial charge in [-0.05, 0) is 12.1 Å². The molecule has 1 aromatic heterocycles. The van der Waals surface area contributed by atoms with Crippen molar-refractivity contribution in [1.82, 2.24) is 9.90 Å². The van der Waals surface area contributed by atoms with Gasteiger partial charge in [0.2, 0.25) is 11.0 Å². The molecule has 0 bridgehead atoms. The predicted molar refractivity (Wildman–Crippen MR) is 44.7 cm³/mol. The molecule has 0 amide bonds. The highest BCUT2D eigenvalue weighted by Crippen LogP contribution is 2.18. The number of hydrogen-bond donors (Lipinski definition) is 0. The van der Waals surface area contributed by atoms with Crippen LogP contribution < -0.4 is 4.85 Å². The molecule has 4 nitrogen and oxygen atoms in total. The highest BCUT2D eigenvalue weighted by Gasteiger charge is 2.13. The van der Waals surface area contributed by atoms with Crippen molar-refractivity contribution in [3.8, 4) is 0 Å². The summed E-state index contributed by atoms with van der Waals surface area (Å²) in [6.45, 7) is 0. The summed E-state index contributed by atoms with van der Waals surface area (Å²) in [7, 11) is 1.68. The van der Waals surface area contributed by atoms with E-state index in [1.54, 1.807) is 25.2 Å². The molecular weight excluding hydrogens is 178 g/mol. The van der Waals surface area contributed by atoms with Crippen molar-refractivity contribution < 1.29 is 4.85 Å². The van der Waals surface area contributed by atoms with Crippen LogP contribution in [0.5, 0.6) is 0 Å². The number of benzene rings is 1. The maximum Gasteiger partial charge on any atom is 0.216 e. The monoisotopic (exact) mass is 183 g/mol. The summed E-state index contributed by atoms with van der Waals surface area (Å²) in [6.07, 6.45) is 0. The fourth-order valence-electron chi connectivity index (χ4n) is 1.19. The van der Waals surface area contributed by atoms with Crippen LogP contribution >= 0.6 is 11.6 Å². The Bertz CT molecular complexity index is 437. The molecule has 2 rings (SSSR count). The minimum atomic E-state index is 0.491. The molecule has 1 aromatic carbocycles. The molecular formula is C7H6ClN3O. The van der Waals surface area contributed by atoms with Crippen LogP contribution in [0.15, 0.2) is 18.2 Å². The second-order valence-electron chi connectivity index (χ2n) is 2.49. The second-order valence-corrected chi connectivity index (χ2v) is 2.90. The van der Waals surface area contributed by atoms with E-state index in [4.69, 9.17) is 11.6 Å². The van der Waals surface area contributed by atoms with Gasteiger partial charge in [-0.2, -0.15) is 0 Å². The standard InChI is InChI=1S/C7H6ClN3O/c1-10-7-5(8)3-2-4-6(7)11(12)9-10/h2-4H,1H3. The Kier molecular flexibility index (Phi) is 1.44. The van der Waals surface area contributed by atoms with Gasteiger partial charge in [-0.15, -0.1) is 9.53 Å². The summed E-state index contributed by atoms with van der Waals surface area (Å²) in [4.78, 5) is 0.557. The zero-order valence-corrected chi connectivity index (χ0v) is 7.12. The Morgan fingerprint density at radius 2 is 2.33 bits per heavy atom. The first kappa shape index (κ1) is 7.36. The molecule has 5 heteroatoms. The zero-order valence-electron chi connectivity index (χ0n) is 6.36. The number of hydrogen-bond acceptors (Lipinski definition) is 2. The third-order valence-corrected chi connectivity index (χ3v) is 2.02. The number of halogens is 1. The van der Waals surface area contributed by atoms with Crippen molar-refractivity contribution in [1.29, 1.82) is 0 Å². The van der Waals surface area contributed by atoms with E-state index in [-0.39, 0.29) is 0 Å². The van der Waals surface area contributed by atoms with Gasteiger partial charge in [0.1, 0.15) is 7.05 Å². The smallest absolute Gasteiger partial charge is 0.216 e. The van der Waals surface area contributed by atoms with E-state index in [9.17, 15) is 5.21 Å². The molecule has 0 unspecified atom stereocenters. The van der Waals surface area contributed by atoms with Gasteiger partial charge < -0.3 is 5.21 Å². The van der Waals surface area contributed by atoms with Gasteiger partial charge >= 0.3 is 0 Å². The quantitative estimate of drug-likeness (QED) is 0.449. The van der Waals surface area contributed by atoms with Crippen molar-refractivity contribution in [2.24, 2.45) is 7.05 Å². The Hall–Kier alpha value is -1.29. The normalized spacial score (nSPS) is 10.8. The topological polar surface area (TPSA) is 44.8 Å². The first-order valence-corrected chi connectivity index (χ1v) is 3.79. The van der Waals surface area contributed by atoms with Crippen LogP contribution in [0, 0.1) is 5.21 Å². The lowest BCUT2D eigenvalue weighted by molar-refractivity contribution is -0.646. The minimum Gasteiger partial charge on any atom is -0.691 e. The SMILES string of the molecule is Cn1n[n+]([O-])c2cccc(Cl)c21. The van der Waals surface area contributed by atoms with Gasteiger partial charge in [-0.1, -0.05) is 17.7 Å². The molecule has 0 fully saturated rings. The van der Waals surface area contributed by atoms with Crippen molar-refractivity contribution in [2.75, 3.05) is 0 Å². The molecule has 0 atom stereocenters. The lowest BCUT2D eigenvalue weighted by atomic mass is 10.3.